The van der Waals surface area contributed by atoms with E-state index in [1.54, 1.807) is 14.2 Å². The lowest BCUT2D eigenvalue weighted by atomic mass is 9.80. The molecular formula is C13H20N2O2. The molecule has 1 aliphatic rings. The van der Waals surface area contributed by atoms with E-state index in [2.05, 4.69) is 5.32 Å². The van der Waals surface area contributed by atoms with Crippen molar-refractivity contribution < 1.29 is 9.47 Å². The first-order chi connectivity index (χ1) is 8.19. The Morgan fingerprint density at radius 1 is 1.35 bits per heavy atom. The molecule has 1 fully saturated rings. The van der Waals surface area contributed by atoms with E-state index in [0.717, 1.165) is 25.1 Å². The first-order valence-corrected chi connectivity index (χ1v) is 5.92. The highest BCUT2D eigenvalue weighted by Gasteiger charge is 2.36. The number of benzene rings is 1. The van der Waals surface area contributed by atoms with Gasteiger partial charge >= 0.3 is 0 Å². The molecule has 4 heteroatoms. The van der Waals surface area contributed by atoms with Crippen molar-refractivity contribution in [3.05, 3.63) is 18.2 Å². The molecule has 0 unspecified atom stereocenters. The van der Waals surface area contributed by atoms with Crippen LogP contribution in [-0.4, -0.2) is 26.4 Å². The van der Waals surface area contributed by atoms with Crippen molar-refractivity contribution in [3.8, 4) is 5.75 Å². The Labute approximate surface area is 102 Å². The van der Waals surface area contributed by atoms with Gasteiger partial charge in [-0.15, -0.1) is 0 Å². The second kappa shape index (κ2) is 4.84. The molecule has 0 saturated heterocycles. The van der Waals surface area contributed by atoms with Crippen molar-refractivity contribution in [2.45, 2.75) is 24.9 Å². The number of anilines is 2. The number of hydrogen-bond donors (Lipinski definition) is 2. The number of rotatable bonds is 5. The van der Waals surface area contributed by atoms with Crippen LogP contribution in [0.5, 0.6) is 5.75 Å². The zero-order chi connectivity index (χ0) is 12.3. The van der Waals surface area contributed by atoms with Crippen LogP contribution >= 0.6 is 0 Å². The molecule has 0 aliphatic heterocycles. The molecule has 0 radical (unpaired) electrons. The van der Waals surface area contributed by atoms with E-state index < -0.39 is 0 Å². The van der Waals surface area contributed by atoms with Gasteiger partial charge in [0, 0.05) is 25.4 Å². The summed E-state index contributed by atoms with van der Waals surface area (Å²) in [6.07, 6.45) is 3.51. The summed E-state index contributed by atoms with van der Waals surface area (Å²) < 4.78 is 10.7. The van der Waals surface area contributed by atoms with Gasteiger partial charge in [-0.2, -0.15) is 0 Å². The van der Waals surface area contributed by atoms with E-state index in [0.29, 0.717) is 11.4 Å². The smallest absolute Gasteiger partial charge is 0.143 e. The van der Waals surface area contributed by atoms with E-state index in [4.69, 9.17) is 15.2 Å². The lowest BCUT2D eigenvalue weighted by Gasteiger charge is -2.40. The van der Waals surface area contributed by atoms with Gasteiger partial charge in [0.1, 0.15) is 5.75 Å². The third kappa shape index (κ3) is 2.47. The summed E-state index contributed by atoms with van der Waals surface area (Å²) in [4.78, 5) is 0. The molecule has 94 valence electrons. The summed E-state index contributed by atoms with van der Waals surface area (Å²) in [6, 6.07) is 5.72. The fourth-order valence-electron chi connectivity index (χ4n) is 2.11. The van der Waals surface area contributed by atoms with E-state index in [9.17, 15) is 0 Å². The molecule has 0 atom stereocenters. The Morgan fingerprint density at radius 2 is 2.12 bits per heavy atom. The van der Waals surface area contributed by atoms with Crippen LogP contribution in [0.2, 0.25) is 0 Å². The molecule has 1 aliphatic carbocycles. The molecule has 0 spiro atoms. The normalized spacial score (nSPS) is 17.3. The molecule has 0 amide bonds. The first kappa shape index (κ1) is 12.0. The van der Waals surface area contributed by atoms with Crippen LogP contribution in [0.4, 0.5) is 11.4 Å². The van der Waals surface area contributed by atoms with Crippen LogP contribution in [-0.2, 0) is 4.74 Å². The summed E-state index contributed by atoms with van der Waals surface area (Å²) in [5.41, 5.74) is 7.46. The zero-order valence-corrected chi connectivity index (χ0v) is 10.5. The van der Waals surface area contributed by atoms with Gasteiger partial charge < -0.3 is 20.5 Å². The fraction of sp³-hybridized carbons (Fsp3) is 0.538. The molecule has 1 saturated carbocycles. The molecule has 0 aromatic heterocycles. The average molecular weight is 236 g/mol. The predicted molar refractivity (Wildman–Crippen MR) is 69.5 cm³/mol. The standard InChI is InChI=1S/C13H20N2O2/c1-16-12-8-10(4-5-11(12)14)15-9-13(17-2)6-3-7-13/h4-5,8,15H,3,6-7,9,14H2,1-2H3. The molecule has 0 bridgehead atoms. The summed E-state index contributed by atoms with van der Waals surface area (Å²) >= 11 is 0. The van der Waals surface area contributed by atoms with Crippen molar-refractivity contribution in [2.75, 3.05) is 31.8 Å². The maximum atomic E-state index is 5.77. The van der Waals surface area contributed by atoms with E-state index in [1.807, 2.05) is 18.2 Å². The number of ether oxygens (including phenoxy) is 2. The number of nitrogens with one attached hydrogen (secondary N) is 1. The van der Waals surface area contributed by atoms with E-state index in [-0.39, 0.29) is 5.60 Å². The van der Waals surface area contributed by atoms with Crippen molar-refractivity contribution in [2.24, 2.45) is 0 Å². The third-order valence-corrected chi connectivity index (χ3v) is 3.55. The topological polar surface area (TPSA) is 56.5 Å². The summed E-state index contributed by atoms with van der Waals surface area (Å²) in [7, 11) is 3.41. The van der Waals surface area contributed by atoms with Crippen molar-refractivity contribution in [1.29, 1.82) is 0 Å². The number of hydrogen-bond acceptors (Lipinski definition) is 4. The van der Waals surface area contributed by atoms with E-state index in [1.165, 1.54) is 6.42 Å². The second-order valence-electron chi connectivity index (χ2n) is 4.55. The van der Waals surface area contributed by atoms with Crippen LogP contribution in [0.3, 0.4) is 0 Å². The minimum absolute atomic E-state index is 0.0224. The minimum Gasteiger partial charge on any atom is -0.495 e. The lowest BCUT2D eigenvalue weighted by Crippen LogP contribution is -2.45. The Morgan fingerprint density at radius 3 is 2.65 bits per heavy atom. The van der Waals surface area contributed by atoms with Gasteiger partial charge in [0.05, 0.1) is 18.4 Å². The average Bonchev–Trinajstić information content (AvgIpc) is 2.30. The van der Waals surface area contributed by atoms with Gasteiger partial charge in [-0.25, -0.2) is 0 Å². The zero-order valence-electron chi connectivity index (χ0n) is 10.5. The molecule has 1 aromatic rings. The Hall–Kier alpha value is -1.42. The summed E-state index contributed by atoms with van der Waals surface area (Å²) in [5, 5.41) is 3.38. The molecule has 1 aromatic carbocycles. The molecule has 3 N–H and O–H groups in total. The van der Waals surface area contributed by atoms with Crippen LogP contribution < -0.4 is 15.8 Å². The number of methoxy groups -OCH3 is 2. The van der Waals surface area contributed by atoms with Crippen LogP contribution in [0.1, 0.15) is 19.3 Å². The predicted octanol–water partition coefficient (Wildman–Crippen LogP) is 2.26. The fourth-order valence-corrected chi connectivity index (χ4v) is 2.11. The van der Waals surface area contributed by atoms with Gasteiger partial charge in [0.15, 0.2) is 0 Å². The summed E-state index contributed by atoms with van der Waals surface area (Å²) in [6.45, 7) is 0.830. The van der Waals surface area contributed by atoms with Crippen LogP contribution in [0, 0.1) is 0 Å². The second-order valence-corrected chi connectivity index (χ2v) is 4.55. The summed E-state index contributed by atoms with van der Waals surface area (Å²) in [5.74, 6) is 0.704. The highest BCUT2D eigenvalue weighted by atomic mass is 16.5. The monoisotopic (exact) mass is 236 g/mol. The first-order valence-electron chi connectivity index (χ1n) is 5.92. The SMILES string of the molecule is COc1cc(NCC2(OC)CCC2)ccc1N. The van der Waals surface area contributed by atoms with Crippen LogP contribution in [0.25, 0.3) is 0 Å². The van der Waals surface area contributed by atoms with Crippen molar-refractivity contribution in [1.82, 2.24) is 0 Å². The Balaban J connectivity index is 1.99. The van der Waals surface area contributed by atoms with Gasteiger partial charge in [0.2, 0.25) is 0 Å². The van der Waals surface area contributed by atoms with Crippen molar-refractivity contribution in [3.63, 3.8) is 0 Å². The largest absolute Gasteiger partial charge is 0.495 e. The molecule has 0 heterocycles. The molecule has 4 nitrogen and oxygen atoms in total. The van der Waals surface area contributed by atoms with Crippen molar-refractivity contribution >= 4 is 11.4 Å². The third-order valence-electron chi connectivity index (χ3n) is 3.55. The molecular weight excluding hydrogens is 216 g/mol. The van der Waals surface area contributed by atoms with Gasteiger partial charge in [-0.3, -0.25) is 0 Å². The molecule has 17 heavy (non-hydrogen) atoms. The van der Waals surface area contributed by atoms with Gasteiger partial charge in [0.25, 0.3) is 0 Å². The highest BCUT2D eigenvalue weighted by molar-refractivity contribution is 5.61. The van der Waals surface area contributed by atoms with Crippen LogP contribution in [0.15, 0.2) is 18.2 Å². The Kier molecular flexibility index (Phi) is 3.43. The minimum atomic E-state index is 0.0224. The molecule has 2 rings (SSSR count). The van der Waals surface area contributed by atoms with E-state index >= 15 is 0 Å². The number of nitrogens with two attached hydrogens (primary N) is 1. The Bertz CT molecular complexity index is 383. The van der Waals surface area contributed by atoms with Gasteiger partial charge in [-0.1, -0.05) is 0 Å². The quantitative estimate of drug-likeness (QED) is 0.770. The maximum Gasteiger partial charge on any atom is 0.143 e. The highest BCUT2D eigenvalue weighted by Crippen LogP contribution is 2.35. The number of nitrogen functional groups attached to an aromatic ring is 1. The maximum absolute atomic E-state index is 5.77. The van der Waals surface area contributed by atoms with Gasteiger partial charge in [-0.05, 0) is 31.4 Å². The lowest BCUT2D eigenvalue weighted by molar-refractivity contribution is -0.0601.